The van der Waals surface area contributed by atoms with Gasteiger partial charge in [-0.2, -0.15) is 0 Å². The zero-order valence-electron chi connectivity index (χ0n) is 20.7. The van der Waals surface area contributed by atoms with E-state index < -0.39 is 0 Å². The summed E-state index contributed by atoms with van der Waals surface area (Å²) in [7, 11) is 0. The molecule has 0 heterocycles. The van der Waals surface area contributed by atoms with Gasteiger partial charge < -0.3 is 4.74 Å². The fourth-order valence-corrected chi connectivity index (χ4v) is 3.99. The van der Waals surface area contributed by atoms with Crippen LogP contribution < -0.4 is 0 Å². The van der Waals surface area contributed by atoms with Gasteiger partial charge in [0.25, 0.3) is 0 Å². The highest BCUT2D eigenvalue weighted by molar-refractivity contribution is 5.85. The van der Waals surface area contributed by atoms with Crippen LogP contribution in [0, 0.1) is 5.92 Å². The molecule has 0 radical (unpaired) electrons. The minimum Gasteiger partial charge on any atom is -0.393 e. The minimum absolute atomic E-state index is 0.333. The summed E-state index contributed by atoms with van der Waals surface area (Å²) in [6.45, 7) is 6.85. The summed E-state index contributed by atoms with van der Waals surface area (Å²) in [5, 5.41) is 0. The van der Waals surface area contributed by atoms with Crippen molar-refractivity contribution in [3.05, 3.63) is 0 Å². The second-order valence-corrected chi connectivity index (χ2v) is 9.33. The number of carbonyl (C=O) groups is 2. The van der Waals surface area contributed by atoms with Gasteiger partial charge in [-0.3, -0.25) is 9.59 Å². The Morgan fingerprint density at radius 2 is 0.867 bits per heavy atom. The van der Waals surface area contributed by atoms with Crippen molar-refractivity contribution in [3.8, 4) is 0 Å². The zero-order valence-corrected chi connectivity index (χ0v) is 20.7. The number of ether oxygens (including phenoxy) is 1. The Bertz CT molecular complexity index is 392. The van der Waals surface area contributed by atoms with Crippen LogP contribution >= 0.6 is 0 Å². The first-order valence-electron chi connectivity index (χ1n) is 13.3. The quantitative estimate of drug-likeness (QED) is 0.0989. The van der Waals surface area contributed by atoms with Crippen LogP contribution in [0.3, 0.4) is 0 Å². The van der Waals surface area contributed by atoms with Crippen molar-refractivity contribution in [1.82, 2.24) is 0 Å². The Labute approximate surface area is 188 Å². The fraction of sp³-hybridized carbons (Fsp3) is 0.926. The summed E-state index contributed by atoms with van der Waals surface area (Å²) in [5.74, 6) is 0.158. The van der Waals surface area contributed by atoms with Crippen LogP contribution in [0.2, 0.25) is 0 Å². The standard InChI is InChI=1S/C27H52O3/c1-4-6-8-9-10-11-12-13-14-19-23-26(28)30-27(29)24-20-16-15-18-22-25(3)21-17-7-5-2/h25H,4-24H2,1-3H3. The number of esters is 2. The van der Waals surface area contributed by atoms with E-state index in [1.165, 1.54) is 96.3 Å². The smallest absolute Gasteiger partial charge is 0.313 e. The molecule has 1 unspecified atom stereocenters. The van der Waals surface area contributed by atoms with Crippen LogP contribution in [-0.2, 0) is 14.3 Å². The molecule has 0 N–H and O–H groups in total. The monoisotopic (exact) mass is 424 g/mol. The lowest BCUT2D eigenvalue weighted by molar-refractivity contribution is -0.159. The molecule has 0 amide bonds. The summed E-state index contributed by atoms with van der Waals surface area (Å²) in [6, 6.07) is 0. The highest BCUT2D eigenvalue weighted by Crippen LogP contribution is 2.17. The van der Waals surface area contributed by atoms with Crippen LogP contribution in [0.4, 0.5) is 0 Å². The Morgan fingerprint density at radius 3 is 1.33 bits per heavy atom. The number of unbranched alkanes of at least 4 members (excludes halogenated alkanes) is 14. The lowest BCUT2D eigenvalue weighted by Crippen LogP contribution is -2.11. The van der Waals surface area contributed by atoms with Gasteiger partial charge in [0.05, 0.1) is 0 Å². The van der Waals surface area contributed by atoms with Gasteiger partial charge in [0.15, 0.2) is 0 Å². The van der Waals surface area contributed by atoms with Crippen LogP contribution in [0.15, 0.2) is 0 Å². The molecule has 3 heteroatoms. The van der Waals surface area contributed by atoms with Crippen molar-refractivity contribution < 1.29 is 14.3 Å². The van der Waals surface area contributed by atoms with Gasteiger partial charge in [-0.1, -0.05) is 130 Å². The number of hydrogen-bond acceptors (Lipinski definition) is 3. The minimum atomic E-state index is -0.333. The molecule has 0 spiro atoms. The summed E-state index contributed by atoms with van der Waals surface area (Å²) >= 11 is 0. The van der Waals surface area contributed by atoms with Crippen LogP contribution in [0.25, 0.3) is 0 Å². The van der Waals surface area contributed by atoms with Gasteiger partial charge in [-0.15, -0.1) is 0 Å². The maximum atomic E-state index is 11.8. The molecule has 178 valence electrons. The van der Waals surface area contributed by atoms with E-state index in [4.69, 9.17) is 4.74 Å². The third-order valence-electron chi connectivity index (χ3n) is 6.09. The fourth-order valence-electron chi connectivity index (χ4n) is 3.99. The second-order valence-electron chi connectivity index (χ2n) is 9.33. The summed E-state index contributed by atoms with van der Waals surface area (Å²) in [6.07, 6.45) is 24.2. The lowest BCUT2D eigenvalue weighted by Gasteiger charge is -2.10. The molecule has 0 aromatic carbocycles. The first kappa shape index (κ1) is 29.1. The molecule has 3 nitrogen and oxygen atoms in total. The molecule has 0 aliphatic rings. The van der Waals surface area contributed by atoms with Gasteiger partial charge in [0.1, 0.15) is 0 Å². The first-order chi connectivity index (χ1) is 14.6. The summed E-state index contributed by atoms with van der Waals surface area (Å²) in [5.41, 5.74) is 0. The second kappa shape index (κ2) is 22.8. The molecule has 0 saturated carbocycles. The number of rotatable bonds is 22. The molecule has 0 aliphatic heterocycles. The molecular formula is C27H52O3. The maximum Gasteiger partial charge on any atom is 0.313 e. The van der Waals surface area contributed by atoms with Crippen molar-refractivity contribution >= 4 is 11.9 Å². The third-order valence-corrected chi connectivity index (χ3v) is 6.09. The number of hydrogen-bond donors (Lipinski definition) is 0. The molecule has 30 heavy (non-hydrogen) atoms. The van der Waals surface area contributed by atoms with E-state index in [2.05, 4.69) is 20.8 Å². The molecule has 0 aromatic heterocycles. The average Bonchev–Trinajstić information content (AvgIpc) is 2.72. The molecule has 0 aromatic rings. The molecule has 0 bridgehead atoms. The Kier molecular flexibility index (Phi) is 22.2. The average molecular weight is 425 g/mol. The Hall–Kier alpha value is -0.860. The van der Waals surface area contributed by atoms with Crippen molar-refractivity contribution in [2.24, 2.45) is 5.92 Å². The van der Waals surface area contributed by atoms with E-state index in [1.807, 2.05) is 0 Å². The Balaban J connectivity index is 3.40. The van der Waals surface area contributed by atoms with E-state index in [0.717, 1.165) is 31.6 Å². The predicted molar refractivity (Wildman–Crippen MR) is 129 cm³/mol. The molecule has 0 rings (SSSR count). The van der Waals surface area contributed by atoms with Crippen LogP contribution in [0.1, 0.15) is 156 Å². The summed E-state index contributed by atoms with van der Waals surface area (Å²) in [4.78, 5) is 23.5. The van der Waals surface area contributed by atoms with E-state index >= 15 is 0 Å². The van der Waals surface area contributed by atoms with E-state index in [1.54, 1.807) is 0 Å². The predicted octanol–water partition coefficient (Wildman–Crippen LogP) is 8.92. The van der Waals surface area contributed by atoms with Gasteiger partial charge in [-0.25, -0.2) is 0 Å². The molecular weight excluding hydrogens is 372 g/mol. The van der Waals surface area contributed by atoms with Gasteiger partial charge in [0.2, 0.25) is 0 Å². The van der Waals surface area contributed by atoms with Crippen LogP contribution in [0.5, 0.6) is 0 Å². The van der Waals surface area contributed by atoms with Gasteiger partial charge >= 0.3 is 11.9 Å². The van der Waals surface area contributed by atoms with Crippen molar-refractivity contribution in [1.29, 1.82) is 0 Å². The molecule has 0 fully saturated rings. The molecule has 1 atom stereocenters. The number of carbonyl (C=O) groups excluding carboxylic acids is 2. The topological polar surface area (TPSA) is 43.4 Å². The van der Waals surface area contributed by atoms with Gasteiger partial charge in [-0.05, 0) is 18.8 Å². The van der Waals surface area contributed by atoms with Crippen molar-refractivity contribution in [3.63, 3.8) is 0 Å². The third kappa shape index (κ3) is 21.8. The SMILES string of the molecule is CCCCCCCCCCCCC(=O)OC(=O)CCCCCCC(C)CCCCC. The normalized spacial score (nSPS) is 12.1. The largest absolute Gasteiger partial charge is 0.393 e. The lowest BCUT2D eigenvalue weighted by atomic mass is 9.96. The maximum absolute atomic E-state index is 11.8. The van der Waals surface area contributed by atoms with Crippen molar-refractivity contribution in [2.75, 3.05) is 0 Å². The molecule has 0 saturated heterocycles. The van der Waals surface area contributed by atoms with E-state index in [-0.39, 0.29) is 11.9 Å². The first-order valence-corrected chi connectivity index (χ1v) is 13.3. The summed E-state index contributed by atoms with van der Waals surface area (Å²) < 4.78 is 4.95. The van der Waals surface area contributed by atoms with E-state index in [0.29, 0.717) is 12.8 Å². The highest BCUT2D eigenvalue weighted by Gasteiger charge is 2.10. The highest BCUT2D eigenvalue weighted by atomic mass is 16.6. The molecule has 0 aliphatic carbocycles. The van der Waals surface area contributed by atoms with E-state index in [9.17, 15) is 9.59 Å². The Morgan fingerprint density at radius 1 is 0.533 bits per heavy atom. The van der Waals surface area contributed by atoms with Crippen molar-refractivity contribution in [2.45, 2.75) is 156 Å². The zero-order chi connectivity index (χ0) is 22.3. The van der Waals surface area contributed by atoms with Gasteiger partial charge in [0, 0.05) is 12.8 Å². The van der Waals surface area contributed by atoms with Crippen LogP contribution in [-0.4, -0.2) is 11.9 Å².